The number of imidazole rings is 1. The number of carbonyl (C=O) groups excluding carboxylic acids is 2. The first-order valence-electron chi connectivity index (χ1n) is 7.47. The van der Waals surface area contributed by atoms with Crippen LogP contribution in [0.15, 0.2) is 35.5 Å². The van der Waals surface area contributed by atoms with Gasteiger partial charge >= 0.3 is 0 Å². The monoisotopic (exact) mass is 359 g/mol. The molecular weight excluding hydrogens is 342 g/mol. The second-order valence-electron chi connectivity index (χ2n) is 5.45. The van der Waals surface area contributed by atoms with Crippen molar-refractivity contribution in [2.75, 3.05) is 5.75 Å². The van der Waals surface area contributed by atoms with E-state index in [2.05, 4.69) is 15.3 Å². The lowest BCUT2D eigenvalue weighted by atomic mass is 10.2. The van der Waals surface area contributed by atoms with Crippen LogP contribution in [-0.2, 0) is 11.3 Å². The highest BCUT2D eigenvalue weighted by atomic mass is 32.2. The summed E-state index contributed by atoms with van der Waals surface area (Å²) in [4.78, 5) is 32.6. The number of thioether (sulfide) groups is 1. The SMILES string of the molecule is CC(=O)NCc1ccc(C(=O)CSc2nc3ccc(C)cc3[nH]2)s1. The molecule has 24 heavy (non-hydrogen) atoms. The second-order valence-corrected chi connectivity index (χ2v) is 7.58. The first-order chi connectivity index (χ1) is 11.5. The van der Waals surface area contributed by atoms with Gasteiger partial charge in [-0.25, -0.2) is 4.98 Å². The fraction of sp³-hybridized carbons (Fsp3) is 0.235. The van der Waals surface area contributed by atoms with Gasteiger partial charge < -0.3 is 10.3 Å². The number of hydrogen-bond donors (Lipinski definition) is 2. The molecular formula is C17H17N3O2S2. The van der Waals surface area contributed by atoms with Crippen LogP contribution in [0.4, 0.5) is 0 Å². The van der Waals surface area contributed by atoms with E-state index in [1.807, 2.05) is 37.3 Å². The highest BCUT2D eigenvalue weighted by Gasteiger charge is 2.12. The van der Waals surface area contributed by atoms with Gasteiger partial charge in [0.25, 0.3) is 0 Å². The molecule has 2 heterocycles. The Morgan fingerprint density at radius 1 is 1.29 bits per heavy atom. The van der Waals surface area contributed by atoms with E-state index >= 15 is 0 Å². The number of rotatable bonds is 6. The van der Waals surface area contributed by atoms with Crippen molar-refractivity contribution in [3.8, 4) is 0 Å². The first kappa shape index (κ1) is 16.7. The van der Waals surface area contributed by atoms with Gasteiger partial charge in [0.05, 0.1) is 28.2 Å². The van der Waals surface area contributed by atoms with Crippen molar-refractivity contribution in [3.63, 3.8) is 0 Å². The highest BCUT2D eigenvalue weighted by Crippen LogP contribution is 2.23. The number of benzene rings is 1. The Morgan fingerprint density at radius 3 is 2.92 bits per heavy atom. The van der Waals surface area contributed by atoms with Gasteiger partial charge in [-0.3, -0.25) is 9.59 Å². The number of aromatic nitrogens is 2. The number of ketones is 1. The molecule has 0 saturated heterocycles. The molecule has 0 atom stereocenters. The van der Waals surface area contributed by atoms with Crippen LogP contribution in [0.1, 0.15) is 27.0 Å². The van der Waals surface area contributed by atoms with E-state index < -0.39 is 0 Å². The third-order valence-electron chi connectivity index (χ3n) is 3.40. The fourth-order valence-electron chi connectivity index (χ4n) is 2.21. The van der Waals surface area contributed by atoms with Crippen molar-refractivity contribution >= 4 is 45.8 Å². The summed E-state index contributed by atoms with van der Waals surface area (Å²) in [5.41, 5.74) is 3.06. The molecule has 2 N–H and O–H groups in total. The van der Waals surface area contributed by atoms with Crippen LogP contribution in [-0.4, -0.2) is 27.4 Å². The molecule has 0 fully saturated rings. The molecule has 124 valence electrons. The molecule has 1 aromatic carbocycles. The fourth-order valence-corrected chi connectivity index (χ4v) is 3.95. The van der Waals surface area contributed by atoms with Crippen LogP contribution in [0.3, 0.4) is 0 Å². The summed E-state index contributed by atoms with van der Waals surface area (Å²) in [5, 5.41) is 3.48. The lowest BCUT2D eigenvalue weighted by molar-refractivity contribution is -0.119. The van der Waals surface area contributed by atoms with Crippen LogP contribution >= 0.6 is 23.1 Å². The Morgan fingerprint density at radius 2 is 2.12 bits per heavy atom. The molecule has 3 rings (SSSR count). The van der Waals surface area contributed by atoms with E-state index in [4.69, 9.17) is 0 Å². The maximum atomic E-state index is 12.3. The molecule has 0 saturated carbocycles. The summed E-state index contributed by atoms with van der Waals surface area (Å²) < 4.78 is 0. The summed E-state index contributed by atoms with van der Waals surface area (Å²) in [6.07, 6.45) is 0. The average molecular weight is 359 g/mol. The summed E-state index contributed by atoms with van der Waals surface area (Å²) in [5.74, 6) is 0.321. The largest absolute Gasteiger partial charge is 0.351 e. The molecule has 0 aliphatic heterocycles. The molecule has 0 unspecified atom stereocenters. The first-order valence-corrected chi connectivity index (χ1v) is 9.27. The smallest absolute Gasteiger partial charge is 0.217 e. The van der Waals surface area contributed by atoms with Crippen molar-refractivity contribution in [3.05, 3.63) is 45.6 Å². The zero-order valence-corrected chi connectivity index (χ0v) is 15.0. The second kappa shape index (κ2) is 7.19. The standard InChI is InChI=1S/C17H17N3O2S2/c1-10-3-5-13-14(7-10)20-17(19-13)23-9-15(22)16-6-4-12(24-16)8-18-11(2)21/h3-7H,8-9H2,1-2H3,(H,18,21)(H,19,20). The Kier molecular flexibility index (Phi) is 5.01. The van der Waals surface area contributed by atoms with E-state index in [-0.39, 0.29) is 11.7 Å². The van der Waals surface area contributed by atoms with Crippen molar-refractivity contribution in [2.45, 2.75) is 25.5 Å². The number of aromatic amines is 1. The van der Waals surface area contributed by atoms with E-state index in [1.54, 1.807) is 0 Å². The van der Waals surface area contributed by atoms with E-state index in [9.17, 15) is 9.59 Å². The van der Waals surface area contributed by atoms with E-state index in [1.165, 1.54) is 35.6 Å². The minimum absolute atomic E-state index is 0.0655. The molecule has 0 aliphatic rings. The Hall–Kier alpha value is -2.12. The number of H-pyrrole nitrogens is 1. The molecule has 5 nitrogen and oxygen atoms in total. The molecule has 3 aromatic rings. The number of fused-ring (bicyclic) bond motifs is 1. The van der Waals surface area contributed by atoms with E-state index in [0.29, 0.717) is 17.2 Å². The van der Waals surface area contributed by atoms with Crippen LogP contribution in [0.25, 0.3) is 11.0 Å². The quantitative estimate of drug-likeness (QED) is 0.521. The van der Waals surface area contributed by atoms with Gasteiger partial charge in [-0.1, -0.05) is 17.8 Å². The molecule has 0 aliphatic carbocycles. The highest BCUT2D eigenvalue weighted by molar-refractivity contribution is 7.99. The molecule has 0 bridgehead atoms. The number of Topliss-reactive ketones (excluding diaryl/α,β-unsaturated/α-hetero) is 1. The number of nitrogens with one attached hydrogen (secondary N) is 2. The molecule has 1 amide bonds. The lowest BCUT2D eigenvalue weighted by Gasteiger charge is -1.98. The summed E-state index contributed by atoms with van der Waals surface area (Å²) in [6, 6.07) is 9.72. The molecule has 0 spiro atoms. The number of nitrogens with zero attached hydrogens (tertiary/aromatic N) is 1. The third-order valence-corrected chi connectivity index (χ3v) is 5.40. The summed E-state index contributed by atoms with van der Waals surface area (Å²) in [6.45, 7) is 3.97. The third kappa shape index (κ3) is 4.04. The Bertz CT molecular complexity index is 898. The normalized spacial score (nSPS) is 10.9. The van der Waals surface area contributed by atoms with Crippen LogP contribution in [0.2, 0.25) is 0 Å². The van der Waals surface area contributed by atoms with Crippen molar-refractivity contribution in [1.29, 1.82) is 0 Å². The molecule has 2 aromatic heterocycles. The van der Waals surface area contributed by atoms with Gasteiger partial charge in [-0.15, -0.1) is 11.3 Å². The average Bonchev–Trinajstić information content (AvgIpc) is 3.16. The number of hydrogen-bond acceptors (Lipinski definition) is 5. The van der Waals surface area contributed by atoms with Gasteiger partial charge in [0, 0.05) is 11.8 Å². The van der Waals surface area contributed by atoms with Gasteiger partial charge in [0.2, 0.25) is 5.91 Å². The van der Waals surface area contributed by atoms with Gasteiger partial charge in [0.15, 0.2) is 10.9 Å². The summed E-state index contributed by atoms with van der Waals surface area (Å²) in [7, 11) is 0. The predicted octanol–water partition coefficient (Wildman–Crippen LogP) is 3.54. The minimum atomic E-state index is -0.0769. The lowest BCUT2D eigenvalue weighted by Crippen LogP contribution is -2.18. The number of amides is 1. The number of carbonyl (C=O) groups is 2. The molecule has 7 heteroatoms. The maximum Gasteiger partial charge on any atom is 0.217 e. The predicted molar refractivity (Wildman–Crippen MR) is 97.7 cm³/mol. The topological polar surface area (TPSA) is 74.8 Å². The van der Waals surface area contributed by atoms with Crippen molar-refractivity contribution in [2.24, 2.45) is 0 Å². The van der Waals surface area contributed by atoms with Gasteiger partial charge in [-0.2, -0.15) is 0 Å². The Balaban J connectivity index is 1.61. The van der Waals surface area contributed by atoms with Crippen LogP contribution in [0, 0.1) is 6.92 Å². The van der Waals surface area contributed by atoms with Gasteiger partial charge in [-0.05, 0) is 36.8 Å². The van der Waals surface area contributed by atoms with Gasteiger partial charge in [0.1, 0.15) is 0 Å². The van der Waals surface area contributed by atoms with Crippen molar-refractivity contribution < 1.29 is 9.59 Å². The zero-order chi connectivity index (χ0) is 17.1. The van der Waals surface area contributed by atoms with Crippen LogP contribution in [0.5, 0.6) is 0 Å². The number of aryl methyl sites for hydroxylation is 1. The van der Waals surface area contributed by atoms with Crippen LogP contribution < -0.4 is 5.32 Å². The number of thiophene rings is 1. The molecule has 0 radical (unpaired) electrons. The maximum absolute atomic E-state index is 12.3. The zero-order valence-electron chi connectivity index (χ0n) is 13.4. The van der Waals surface area contributed by atoms with E-state index in [0.717, 1.165) is 21.1 Å². The minimum Gasteiger partial charge on any atom is -0.351 e. The Labute approximate surface area is 147 Å². The van der Waals surface area contributed by atoms with Crippen molar-refractivity contribution in [1.82, 2.24) is 15.3 Å². The summed E-state index contributed by atoms with van der Waals surface area (Å²) >= 11 is 2.82.